The van der Waals surface area contributed by atoms with Crippen molar-refractivity contribution in [1.82, 2.24) is 4.65 Å². The van der Waals surface area contributed by atoms with Crippen LogP contribution in [0.3, 0.4) is 0 Å². The zero-order chi connectivity index (χ0) is 5.91. The predicted octanol–water partition coefficient (Wildman–Crippen LogP) is 0.648. The van der Waals surface area contributed by atoms with Crippen molar-refractivity contribution in [3.63, 3.8) is 0 Å². The maximum atomic E-state index is 5.55. The maximum Gasteiger partial charge on any atom is 0.188 e. The van der Waals surface area contributed by atoms with E-state index in [1.165, 1.54) is 0 Å². The summed E-state index contributed by atoms with van der Waals surface area (Å²) in [5.41, 5.74) is 0. The standard InChI is InChI=1S/C3H12ClNSi2/c1-7(2,3)5-6-4/h5H,6H2,1-3H3. The highest BCUT2D eigenvalue weighted by Gasteiger charge is 2.09. The third kappa shape index (κ3) is 6.68. The maximum absolute atomic E-state index is 5.55. The Morgan fingerprint density at radius 3 is 1.86 bits per heavy atom. The molecule has 1 nitrogen and oxygen atoms in total. The summed E-state index contributed by atoms with van der Waals surface area (Å²) in [6.07, 6.45) is 0. The summed E-state index contributed by atoms with van der Waals surface area (Å²) in [6.45, 7) is 6.76. The van der Waals surface area contributed by atoms with Crippen molar-refractivity contribution in [2.45, 2.75) is 19.6 Å². The minimum atomic E-state index is -0.977. The largest absolute Gasteiger partial charge is 0.352 e. The summed E-state index contributed by atoms with van der Waals surface area (Å²) in [7, 11) is -1.38. The van der Waals surface area contributed by atoms with Crippen LogP contribution in [0.2, 0.25) is 19.6 Å². The van der Waals surface area contributed by atoms with E-state index in [4.69, 9.17) is 11.1 Å². The normalized spacial score (nSPS) is 13.7. The van der Waals surface area contributed by atoms with Gasteiger partial charge in [-0.25, -0.2) is 0 Å². The van der Waals surface area contributed by atoms with Crippen LogP contribution in [-0.2, 0) is 0 Å². The Kier molecular flexibility index (Phi) is 3.14. The average molecular weight is 154 g/mol. The van der Waals surface area contributed by atoms with E-state index in [1.807, 2.05) is 0 Å². The fourth-order valence-corrected chi connectivity index (χ4v) is 5.41. The van der Waals surface area contributed by atoms with E-state index in [2.05, 4.69) is 24.3 Å². The Morgan fingerprint density at radius 2 is 1.86 bits per heavy atom. The minimum Gasteiger partial charge on any atom is -0.352 e. The van der Waals surface area contributed by atoms with Gasteiger partial charge in [-0.1, -0.05) is 19.6 Å². The summed E-state index contributed by atoms with van der Waals surface area (Å²) in [5.74, 6) is 0. The summed E-state index contributed by atoms with van der Waals surface area (Å²) in [5, 5.41) is 0. The molecule has 0 amide bonds. The van der Waals surface area contributed by atoms with Crippen LogP contribution >= 0.6 is 11.1 Å². The summed E-state index contributed by atoms with van der Waals surface area (Å²) >= 11 is 5.55. The van der Waals surface area contributed by atoms with Gasteiger partial charge in [0, 0.05) is 0 Å². The zero-order valence-electron chi connectivity index (χ0n) is 5.09. The number of nitrogens with one attached hydrogen (secondary N) is 1. The third-order valence-electron chi connectivity index (χ3n) is 0.597. The highest BCUT2D eigenvalue weighted by Crippen LogP contribution is 1.91. The van der Waals surface area contributed by atoms with E-state index in [0.717, 1.165) is 0 Å². The quantitative estimate of drug-likeness (QED) is 0.454. The first kappa shape index (κ1) is 7.68. The molecule has 0 radical (unpaired) electrons. The second-order valence-electron chi connectivity index (χ2n) is 2.56. The van der Waals surface area contributed by atoms with Gasteiger partial charge in [-0.05, 0) is 0 Å². The monoisotopic (exact) mass is 153 g/mol. The van der Waals surface area contributed by atoms with E-state index in [-0.39, 0.29) is 0 Å². The second kappa shape index (κ2) is 2.86. The van der Waals surface area contributed by atoms with Crippen LogP contribution < -0.4 is 4.65 Å². The fourth-order valence-electron chi connectivity index (χ4n) is 0.200. The van der Waals surface area contributed by atoms with Crippen LogP contribution in [0.25, 0.3) is 0 Å². The average Bonchev–Trinajstić information content (AvgIpc) is 1.30. The summed E-state index contributed by atoms with van der Waals surface area (Å²) < 4.78 is 3.33. The molecule has 0 spiro atoms. The van der Waals surface area contributed by atoms with Gasteiger partial charge in [-0.3, -0.25) is 0 Å². The molecule has 0 saturated heterocycles. The lowest BCUT2D eigenvalue weighted by Crippen LogP contribution is -2.41. The first-order valence-corrected chi connectivity index (χ1v) is 8.72. The fraction of sp³-hybridized carbons (Fsp3) is 1.00. The van der Waals surface area contributed by atoms with Gasteiger partial charge < -0.3 is 4.65 Å². The van der Waals surface area contributed by atoms with Gasteiger partial charge in [0.05, 0.1) is 0 Å². The lowest BCUT2D eigenvalue weighted by atomic mass is 11.8. The SMILES string of the molecule is C[Si](C)(C)N[SiH2]Cl. The molecule has 0 saturated carbocycles. The molecule has 0 aliphatic carbocycles. The van der Waals surface area contributed by atoms with Crippen molar-refractivity contribution in [2.75, 3.05) is 0 Å². The molecule has 0 unspecified atom stereocenters. The topological polar surface area (TPSA) is 12.0 Å². The Morgan fingerprint density at radius 1 is 1.43 bits per heavy atom. The van der Waals surface area contributed by atoms with E-state index in [1.54, 1.807) is 0 Å². The molecule has 7 heavy (non-hydrogen) atoms. The second-order valence-corrected chi connectivity index (χ2v) is 9.54. The van der Waals surface area contributed by atoms with Crippen LogP contribution in [0.5, 0.6) is 0 Å². The molecule has 1 N–H and O–H groups in total. The third-order valence-corrected chi connectivity index (χ3v) is 6.58. The summed E-state index contributed by atoms with van der Waals surface area (Å²) in [6, 6.07) is 0. The zero-order valence-corrected chi connectivity index (χ0v) is 8.26. The molecular weight excluding hydrogens is 142 g/mol. The van der Waals surface area contributed by atoms with Gasteiger partial charge in [0.2, 0.25) is 0 Å². The van der Waals surface area contributed by atoms with Gasteiger partial charge in [0.25, 0.3) is 0 Å². The van der Waals surface area contributed by atoms with Crippen molar-refractivity contribution >= 4 is 28.3 Å². The predicted molar refractivity (Wildman–Crippen MR) is 40.9 cm³/mol. The summed E-state index contributed by atoms with van der Waals surface area (Å²) in [4.78, 5) is 0. The molecule has 0 heterocycles. The molecular formula is C3H12ClNSi2. The molecule has 0 bridgehead atoms. The molecule has 0 fully saturated rings. The van der Waals surface area contributed by atoms with Gasteiger partial charge >= 0.3 is 0 Å². The van der Waals surface area contributed by atoms with Crippen molar-refractivity contribution in [1.29, 1.82) is 0 Å². The molecule has 4 heteroatoms. The Bertz CT molecular complexity index is 51.4. The van der Waals surface area contributed by atoms with Gasteiger partial charge in [0.15, 0.2) is 8.99 Å². The van der Waals surface area contributed by atoms with E-state index < -0.39 is 17.2 Å². The van der Waals surface area contributed by atoms with Crippen LogP contribution in [0.1, 0.15) is 0 Å². The molecule has 0 atom stereocenters. The highest BCUT2D eigenvalue weighted by atomic mass is 35.6. The molecule has 0 aromatic rings. The van der Waals surface area contributed by atoms with Gasteiger partial charge in [-0.2, -0.15) is 11.1 Å². The van der Waals surface area contributed by atoms with Gasteiger partial charge in [-0.15, -0.1) is 0 Å². The van der Waals surface area contributed by atoms with Crippen molar-refractivity contribution in [3.8, 4) is 0 Å². The molecule has 0 aromatic carbocycles. The van der Waals surface area contributed by atoms with E-state index in [0.29, 0.717) is 0 Å². The highest BCUT2D eigenvalue weighted by molar-refractivity contribution is 6.98. The molecule has 0 aromatic heterocycles. The minimum absolute atomic E-state index is 0.406. The molecule has 44 valence electrons. The van der Waals surface area contributed by atoms with Crippen LogP contribution in [0, 0.1) is 0 Å². The van der Waals surface area contributed by atoms with Crippen LogP contribution in [0.4, 0.5) is 0 Å². The number of hydrogen-bond acceptors (Lipinski definition) is 1. The van der Waals surface area contributed by atoms with Crippen molar-refractivity contribution < 1.29 is 0 Å². The first-order chi connectivity index (χ1) is 3.06. The van der Waals surface area contributed by atoms with Crippen molar-refractivity contribution in [3.05, 3.63) is 0 Å². The Hall–Kier alpha value is 0.684. The van der Waals surface area contributed by atoms with Gasteiger partial charge in [0.1, 0.15) is 8.24 Å². The van der Waals surface area contributed by atoms with E-state index >= 15 is 0 Å². The lowest BCUT2D eigenvalue weighted by Gasteiger charge is -2.14. The first-order valence-electron chi connectivity index (χ1n) is 2.37. The lowest BCUT2D eigenvalue weighted by molar-refractivity contribution is 1.42. The van der Waals surface area contributed by atoms with E-state index in [9.17, 15) is 0 Å². The van der Waals surface area contributed by atoms with Crippen molar-refractivity contribution in [2.24, 2.45) is 0 Å². The molecule has 0 aliphatic rings. The number of halogens is 1. The Labute approximate surface area is 53.1 Å². The molecule has 0 aliphatic heterocycles. The number of hydrogen-bond donors (Lipinski definition) is 1. The van der Waals surface area contributed by atoms with Crippen LogP contribution in [0.15, 0.2) is 0 Å². The number of rotatable bonds is 2. The van der Waals surface area contributed by atoms with Crippen LogP contribution in [-0.4, -0.2) is 17.2 Å². The molecule has 0 rings (SSSR count). The smallest absolute Gasteiger partial charge is 0.188 e. The Balaban J connectivity index is 3.15.